The van der Waals surface area contributed by atoms with Gasteiger partial charge < -0.3 is 0 Å². The van der Waals surface area contributed by atoms with Gasteiger partial charge in [-0.3, -0.25) is 9.79 Å². The van der Waals surface area contributed by atoms with Gasteiger partial charge in [0, 0.05) is 6.21 Å². The predicted molar refractivity (Wildman–Crippen MR) is 46.6 cm³/mol. The Morgan fingerprint density at radius 3 is 3.27 bits per heavy atom. The summed E-state index contributed by atoms with van der Waals surface area (Å²) in [5.74, 6) is 0.150. The first kappa shape index (κ1) is 6.85. The number of nitrogens with zero attached hydrogens (tertiary/aromatic N) is 1. The molecule has 11 heavy (non-hydrogen) atoms. The highest BCUT2D eigenvalue weighted by Crippen LogP contribution is 2.30. The van der Waals surface area contributed by atoms with Gasteiger partial charge in [0.25, 0.3) is 0 Å². The molecule has 0 saturated carbocycles. The van der Waals surface area contributed by atoms with E-state index in [1.807, 2.05) is 17.6 Å². The van der Waals surface area contributed by atoms with E-state index < -0.39 is 0 Å². The summed E-state index contributed by atoms with van der Waals surface area (Å²) in [6.45, 7) is 0. The average molecular weight is 165 g/mol. The standard InChI is InChI=1S/C8H7NOS/c10-7-3-5-11-8-6(7)2-1-4-9-8/h1-6,8H. The number of carbonyl (C=O) groups is 1. The normalized spacial score (nSPS) is 34.0. The van der Waals surface area contributed by atoms with Crippen LogP contribution in [0, 0.1) is 5.92 Å². The van der Waals surface area contributed by atoms with Gasteiger partial charge in [-0.05, 0) is 17.6 Å². The number of carbonyl (C=O) groups excluding carboxylic acids is 1. The average Bonchev–Trinajstić information content (AvgIpc) is 2.06. The number of aliphatic imine (C=N–C) groups is 1. The Hall–Kier alpha value is -0.830. The van der Waals surface area contributed by atoms with E-state index >= 15 is 0 Å². The summed E-state index contributed by atoms with van der Waals surface area (Å²) >= 11 is 1.60. The van der Waals surface area contributed by atoms with Crippen LogP contribution in [0.1, 0.15) is 0 Å². The Morgan fingerprint density at radius 1 is 1.55 bits per heavy atom. The SMILES string of the molecule is O=C1C=CSC2N=CC=CC12. The van der Waals surface area contributed by atoms with E-state index in [2.05, 4.69) is 4.99 Å². The molecule has 0 radical (unpaired) electrons. The number of allylic oxidation sites excluding steroid dienone is 2. The van der Waals surface area contributed by atoms with Crippen molar-refractivity contribution in [1.82, 2.24) is 0 Å². The van der Waals surface area contributed by atoms with Gasteiger partial charge in [-0.25, -0.2) is 0 Å². The van der Waals surface area contributed by atoms with Crippen molar-refractivity contribution < 1.29 is 4.79 Å². The van der Waals surface area contributed by atoms with E-state index in [4.69, 9.17) is 0 Å². The molecule has 2 atom stereocenters. The van der Waals surface area contributed by atoms with Crippen LogP contribution in [0.4, 0.5) is 0 Å². The molecule has 0 spiro atoms. The Labute approximate surface area is 69.1 Å². The van der Waals surface area contributed by atoms with Gasteiger partial charge in [-0.1, -0.05) is 6.08 Å². The van der Waals surface area contributed by atoms with Crippen LogP contribution in [0.15, 0.2) is 28.6 Å². The Balaban J connectivity index is 2.30. The number of hydrogen-bond acceptors (Lipinski definition) is 3. The molecular weight excluding hydrogens is 158 g/mol. The summed E-state index contributed by atoms with van der Waals surface area (Å²) in [4.78, 5) is 15.4. The molecule has 56 valence electrons. The van der Waals surface area contributed by atoms with Crippen LogP contribution in [-0.2, 0) is 4.79 Å². The third-order valence-corrected chi connectivity index (χ3v) is 2.71. The zero-order valence-electron chi connectivity index (χ0n) is 5.81. The Kier molecular flexibility index (Phi) is 1.66. The van der Waals surface area contributed by atoms with E-state index in [0.717, 1.165) is 0 Å². The molecule has 0 bridgehead atoms. The van der Waals surface area contributed by atoms with E-state index in [1.54, 1.807) is 24.1 Å². The fraction of sp³-hybridized carbons (Fsp3) is 0.250. The van der Waals surface area contributed by atoms with Gasteiger partial charge in [0.05, 0.1) is 5.92 Å². The monoisotopic (exact) mass is 165 g/mol. The summed E-state index contributed by atoms with van der Waals surface area (Å²) in [7, 11) is 0. The van der Waals surface area contributed by atoms with Crippen LogP contribution < -0.4 is 0 Å². The van der Waals surface area contributed by atoms with E-state index in [0.29, 0.717) is 0 Å². The van der Waals surface area contributed by atoms with Crippen molar-refractivity contribution in [1.29, 1.82) is 0 Å². The molecule has 2 heterocycles. The fourth-order valence-electron chi connectivity index (χ4n) is 1.14. The number of dihydropyridines is 1. The molecule has 0 aromatic heterocycles. The second-order valence-corrected chi connectivity index (χ2v) is 3.47. The van der Waals surface area contributed by atoms with Gasteiger partial charge in [0.1, 0.15) is 5.37 Å². The maximum absolute atomic E-state index is 11.2. The van der Waals surface area contributed by atoms with Crippen LogP contribution >= 0.6 is 11.8 Å². The lowest BCUT2D eigenvalue weighted by Gasteiger charge is -2.21. The molecule has 2 unspecified atom stereocenters. The zero-order chi connectivity index (χ0) is 7.68. The minimum atomic E-state index is -0.0185. The van der Waals surface area contributed by atoms with Crippen molar-refractivity contribution in [2.24, 2.45) is 10.9 Å². The zero-order valence-corrected chi connectivity index (χ0v) is 6.62. The second kappa shape index (κ2) is 2.66. The molecule has 0 fully saturated rings. The van der Waals surface area contributed by atoms with Crippen LogP contribution in [0.5, 0.6) is 0 Å². The molecule has 0 aliphatic carbocycles. The van der Waals surface area contributed by atoms with Gasteiger partial charge in [0.15, 0.2) is 5.78 Å². The van der Waals surface area contributed by atoms with E-state index in [9.17, 15) is 4.79 Å². The number of hydrogen-bond donors (Lipinski definition) is 0. The minimum absolute atomic E-state index is 0.0185. The third kappa shape index (κ3) is 1.16. The lowest BCUT2D eigenvalue weighted by atomic mass is 10.0. The first-order valence-electron chi connectivity index (χ1n) is 3.44. The molecule has 0 aromatic carbocycles. The number of fused-ring (bicyclic) bond motifs is 1. The predicted octanol–water partition coefficient (Wildman–Crippen LogP) is 1.40. The van der Waals surface area contributed by atoms with E-state index in [1.165, 1.54) is 0 Å². The molecule has 0 amide bonds. The highest BCUT2D eigenvalue weighted by Gasteiger charge is 2.27. The fourth-order valence-corrected chi connectivity index (χ4v) is 2.05. The van der Waals surface area contributed by atoms with Gasteiger partial charge in [0.2, 0.25) is 0 Å². The Morgan fingerprint density at radius 2 is 2.45 bits per heavy atom. The lowest BCUT2D eigenvalue weighted by molar-refractivity contribution is -0.116. The Bertz CT molecular complexity index is 267. The van der Waals surface area contributed by atoms with Crippen molar-refractivity contribution in [3.63, 3.8) is 0 Å². The lowest BCUT2D eigenvalue weighted by Crippen LogP contribution is -2.25. The maximum atomic E-state index is 11.2. The van der Waals surface area contributed by atoms with Crippen molar-refractivity contribution >= 4 is 23.8 Å². The summed E-state index contributed by atoms with van der Waals surface area (Å²) in [6, 6.07) is 0. The van der Waals surface area contributed by atoms with Crippen molar-refractivity contribution in [3.05, 3.63) is 23.6 Å². The number of rotatable bonds is 0. The molecule has 3 heteroatoms. The van der Waals surface area contributed by atoms with E-state index in [-0.39, 0.29) is 17.1 Å². The van der Waals surface area contributed by atoms with Gasteiger partial charge in [-0.2, -0.15) is 0 Å². The number of thioether (sulfide) groups is 1. The first-order chi connectivity index (χ1) is 5.38. The quantitative estimate of drug-likeness (QED) is 0.543. The minimum Gasteiger partial charge on any atom is -0.294 e. The summed E-state index contributed by atoms with van der Waals surface area (Å²) < 4.78 is 0. The summed E-state index contributed by atoms with van der Waals surface area (Å²) in [6.07, 6.45) is 7.12. The highest BCUT2D eigenvalue weighted by molar-refractivity contribution is 8.02. The van der Waals surface area contributed by atoms with Crippen molar-refractivity contribution in [3.8, 4) is 0 Å². The molecule has 0 N–H and O–H groups in total. The molecule has 0 aromatic rings. The van der Waals surface area contributed by atoms with Crippen molar-refractivity contribution in [2.45, 2.75) is 5.37 Å². The third-order valence-electron chi connectivity index (χ3n) is 1.72. The van der Waals surface area contributed by atoms with Crippen LogP contribution in [0.25, 0.3) is 0 Å². The smallest absolute Gasteiger partial charge is 0.166 e. The highest BCUT2D eigenvalue weighted by atomic mass is 32.2. The first-order valence-corrected chi connectivity index (χ1v) is 4.38. The molecule has 2 aliphatic heterocycles. The van der Waals surface area contributed by atoms with Crippen LogP contribution in [-0.4, -0.2) is 17.4 Å². The topological polar surface area (TPSA) is 29.4 Å². The molecular formula is C8H7NOS. The summed E-state index contributed by atoms with van der Waals surface area (Å²) in [5, 5.41) is 1.91. The van der Waals surface area contributed by atoms with Gasteiger partial charge in [-0.15, -0.1) is 11.8 Å². The maximum Gasteiger partial charge on any atom is 0.166 e. The van der Waals surface area contributed by atoms with Crippen LogP contribution in [0.3, 0.4) is 0 Å². The van der Waals surface area contributed by atoms with Gasteiger partial charge >= 0.3 is 0 Å². The molecule has 0 saturated heterocycles. The molecule has 2 rings (SSSR count). The second-order valence-electron chi connectivity index (χ2n) is 2.44. The molecule has 2 aliphatic rings. The number of ketones is 1. The largest absolute Gasteiger partial charge is 0.294 e. The molecule has 2 nitrogen and oxygen atoms in total. The summed E-state index contributed by atoms with van der Waals surface area (Å²) in [5.41, 5.74) is 0. The van der Waals surface area contributed by atoms with Crippen molar-refractivity contribution in [2.75, 3.05) is 0 Å². The van der Waals surface area contributed by atoms with Crippen LogP contribution in [0.2, 0.25) is 0 Å².